The molecule has 0 aliphatic rings. The van der Waals surface area contributed by atoms with Gasteiger partial charge in [0.05, 0.1) is 5.69 Å². The number of nitrogens with two attached hydrogens (primary N) is 1. The molecule has 3 N–H and O–H groups in total. The summed E-state index contributed by atoms with van der Waals surface area (Å²) in [6.07, 6.45) is 0. The van der Waals surface area contributed by atoms with Crippen LogP contribution in [0.1, 0.15) is 15.2 Å². The van der Waals surface area contributed by atoms with Crippen LogP contribution in [-0.4, -0.2) is 10.9 Å². The Bertz CT molecular complexity index is 862. The Morgan fingerprint density at radius 1 is 1.17 bits per heavy atom. The lowest BCUT2D eigenvalue weighted by atomic mass is 10.1. The van der Waals surface area contributed by atoms with E-state index in [0.717, 1.165) is 11.1 Å². The van der Waals surface area contributed by atoms with Crippen LogP contribution in [0.2, 0.25) is 5.02 Å². The summed E-state index contributed by atoms with van der Waals surface area (Å²) >= 11 is 7.26. The SMILES string of the molecule is Cc1c(Cl)cccc1NC(=O)c1sc(N)nc1-c1ccccc1. The molecule has 0 saturated heterocycles. The maximum Gasteiger partial charge on any atom is 0.268 e. The third kappa shape index (κ3) is 3.21. The summed E-state index contributed by atoms with van der Waals surface area (Å²) in [6.45, 7) is 1.86. The fraction of sp³-hybridized carbons (Fsp3) is 0.0588. The molecule has 0 saturated carbocycles. The molecule has 116 valence electrons. The van der Waals surface area contributed by atoms with Crippen molar-refractivity contribution >= 4 is 39.7 Å². The van der Waals surface area contributed by atoms with Gasteiger partial charge in [-0.15, -0.1) is 0 Å². The molecule has 3 rings (SSSR count). The van der Waals surface area contributed by atoms with E-state index in [2.05, 4.69) is 10.3 Å². The summed E-state index contributed by atoms with van der Waals surface area (Å²) < 4.78 is 0. The average Bonchev–Trinajstić information content (AvgIpc) is 2.95. The molecule has 1 amide bonds. The van der Waals surface area contributed by atoms with Crippen LogP contribution >= 0.6 is 22.9 Å². The van der Waals surface area contributed by atoms with E-state index in [0.29, 0.717) is 26.4 Å². The van der Waals surface area contributed by atoms with Crippen LogP contribution in [-0.2, 0) is 0 Å². The molecule has 1 aromatic heterocycles. The Balaban J connectivity index is 1.96. The Kier molecular flexibility index (Phi) is 4.32. The third-order valence-electron chi connectivity index (χ3n) is 3.41. The highest BCUT2D eigenvalue weighted by Crippen LogP contribution is 2.31. The van der Waals surface area contributed by atoms with Gasteiger partial charge in [0, 0.05) is 16.3 Å². The van der Waals surface area contributed by atoms with Crippen molar-refractivity contribution in [2.45, 2.75) is 6.92 Å². The first-order valence-electron chi connectivity index (χ1n) is 6.94. The number of halogens is 1. The smallest absolute Gasteiger partial charge is 0.268 e. The van der Waals surface area contributed by atoms with Gasteiger partial charge in [0.25, 0.3) is 5.91 Å². The molecule has 6 heteroatoms. The number of aromatic nitrogens is 1. The zero-order valence-corrected chi connectivity index (χ0v) is 13.9. The van der Waals surface area contributed by atoms with E-state index >= 15 is 0 Å². The maximum atomic E-state index is 12.6. The van der Waals surface area contributed by atoms with Gasteiger partial charge in [-0.1, -0.05) is 59.3 Å². The van der Waals surface area contributed by atoms with Crippen LogP contribution < -0.4 is 11.1 Å². The van der Waals surface area contributed by atoms with Crippen molar-refractivity contribution in [3.8, 4) is 11.3 Å². The molecule has 0 atom stereocenters. The lowest BCUT2D eigenvalue weighted by Gasteiger charge is -2.09. The third-order valence-corrected chi connectivity index (χ3v) is 4.71. The lowest BCUT2D eigenvalue weighted by Crippen LogP contribution is -2.12. The first-order chi connectivity index (χ1) is 11.1. The predicted octanol–water partition coefficient (Wildman–Crippen LogP) is 4.61. The minimum atomic E-state index is -0.247. The number of nitrogen functional groups attached to an aromatic ring is 1. The highest BCUT2D eigenvalue weighted by molar-refractivity contribution is 7.17. The number of anilines is 2. The Hall–Kier alpha value is -2.37. The number of carbonyl (C=O) groups is 1. The molecule has 2 aromatic carbocycles. The second-order valence-corrected chi connectivity index (χ2v) is 6.40. The summed E-state index contributed by atoms with van der Waals surface area (Å²) in [7, 11) is 0. The van der Waals surface area contributed by atoms with Crippen LogP contribution in [0.3, 0.4) is 0 Å². The first-order valence-corrected chi connectivity index (χ1v) is 8.14. The molecule has 0 fully saturated rings. The van der Waals surface area contributed by atoms with Gasteiger partial charge in [-0.2, -0.15) is 0 Å². The van der Waals surface area contributed by atoms with Crippen molar-refractivity contribution in [3.63, 3.8) is 0 Å². The summed E-state index contributed by atoms with van der Waals surface area (Å²) in [5.74, 6) is -0.247. The number of rotatable bonds is 3. The monoisotopic (exact) mass is 343 g/mol. The van der Waals surface area contributed by atoms with E-state index < -0.39 is 0 Å². The minimum absolute atomic E-state index is 0.247. The zero-order valence-electron chi connectivity index (χ0n) is 12.3. The van der Waals surface area contributed by atoms with Crippen LogP contribution in [0.15, 0.2) is 48.5 Å². The van der Waals surface area contributed by atoms with Crippen LogP contribution in [0.4, 0.5) is 10.8 Å². The van der Waals surface area contributed by atoms with E-state index in [1.165, 1.54) is 11.3 Å². The number of hydrogen-bond acceptors (Lipinski definition) is 4. The second-order valence-electron chi connectivity index (χ2n) is 4.96. The van der Waals surface area contributed by atoms with Crippen molar-refractivity contribution < 1.29 is 4.79 Å². The van der Waals surface area contributed by atoms with Crippen molar-refractivity contribution in [2.75, 3.05) is 11.1 Å². The van der Waals surface area contributed by atoms with Crippen molar-refractivity contribution in [1.29, 1.82) is 0 Å². The number of carbonyl (C=O) groups excluding carboxylic acids is 1. The quantitative estimate of drug-likeness (QED) is 0.729. The number of nitrogens with one attached hydrogen (secondary N) is 1. The van der Waals surface area contributed by atoms with E-state index in [9.17, 15) is 4.79 Å². The van der Waals surface area contributed by atoms with Gasteiger partial charge >= 0.3 is 0 Å². The predicted molar refractivity (Wildman–Crippen MR) is 96.1 cm³/mol. The number of nitrogens with zero attached hydrogens (tertiary/aromatic N) is 1. The molecular weight excluding hydrogens is 330 g/mol. The molecule has 0 radical (unpaired) electrons. The van der Waals surface area contributed by atoms with Crippen molar-refractivity contribution in [2.24, 2.45) is 0 Å². The van der Waals surface area contributed by atoms with Gasteiger partial charge < -0.3 is 11.1 Å². The van der Waals surface area contributed by atoms with E-state index in [1.54, 1.807) is 12.1 Å². The molecule has 0 aliphatic carbocycles. The molecule has 23 heavy (non-hydrogen) atoms. The van der Waals surface area contributed by atoms with Gasteiger partial charge in [-0.25, -0.2) is 4.98 Å². The van der Waals surface area contributed by atoms with Crippen molar-refractivity contribution in [3.05, 3.63) is 64.0 Å². The summed E-state index contributed by atoms with van der Waals surface area (Å²) in [6, 6.07) is 14.9. The number of thiazole rings is 1. The summed E-state index contributed by atoms with van der Waals surface area (Å²) in [4.78, 5) is 17.4. The lowest BCUT2D eigenvalue weighted by molar-refractivity contribution is 0.103. The van der Waals surface area contributed by atoms with Gasteiger partial charge in [-0.3, -0.25) is 4.79 Å². The highest BCUT2D eigenvalue weighted by atomic mass is 35.5. The molecular formula is C17H14ClN3OS. The average molecular weight is 344 g/mol. The normalized spacial score (nSPS) is 10.5. The number of benzene rings is 2. The van der Waals surface area contributed by atoms with Crippen LogP contribution in [0.25, 0.3) is 11.3 Å². The first kappa shape index (κ1) is 15.5. The van der Waals surface area contributed by atoms with E-state index in [-0.39, 0.29) is 5.91 Å². The maximum absolute atomic E-state index is 12.6. The standard InChI is InChI=1S/C17H14ClN3OS/c1-10-12(18)8-5-9-13(10)20-16(22)15-14(21-17(19)23-15)11-6-3-2-4-7-11/h2-9H,1H3,(H2,19,21)(H,20,22). The Morgan fingerprint density at radius 2 is 1.91 bits per heavy atom. The molecule has 0 aliphatic heterocycles. The Labute approximate surface area is 142 Å². The van der Waals surface area contributed by atoms with Gasteiger partial charge in [0.15, 0.2) is 5.13 Å². The van der Waals surface area contributed by atoms with E-state index in [4.69, 9.17) is 17.3 Å². The molecule has 0 unspecified atom stereocenters. The molecule has 3 aromatic rings. The van der Waals surface area contributed by atoms with Crippen molar-refractivity contribution in [1.82, 2.24) is 4.98 Å². The van der Waals surface area contributed by atoms with E-state index in [1.807, 2.05) is 43.3 Å². The molecule has 1 heterocycles. The number of amides is 1. The second kappa shape index (κ2) is 6.40. The van der Waals surface area contributed by atoms with Gasteiger partial charge in [0.1, 0.15) is 4.88 Å². The number of hydrogen-bond donors (Lipinski definition) is 2. The summed E-state index contributed by atoms with van der Waals surface area (Å²) in [5.41, 5.74) is 8.75. The highest BCUT2D eigenvalue weighted by Gasteiger charge is 2.19. The largest absolute Gasteiger partial charge is 0.375 e. The van der Waals surface area contributed by atoms with Gasteiger partial charge in [-0.05, 0) is 24.6 Å². The fourth-order valence-electron chi connectivity index (χ4n) is 2.20. The minimum Gasteiger partial charge on any atom is -0.375 e. The Morgan fingerprint density at radius 3 is 2.65 bits per heavy atom. The molecule has 4 nitrogen and oxygen atoms in total. The van der Waals surface area contributed by atoms with Gasteiger partial charge in [0.2, 0.25) is 0 Å². The molecule has 0 spiro atoms. The topological polar surface area (TPSA) is 68.0 Å². The van der Waals surface area contributed by atoms with Crippen LogP contribution in [0.5, 0.6) is 0 Å². The summed E-state index contributed by atoms with van der Waals surface area (Å²) in [5, 5.41) is 3.85. The molecule has 0 bridgehead atoms. The van der Waals surface area contributed by atoms with Crippen LogP contribution in [0, 0.1) is 6.92 Å². The zero-order chi connectivity index (χ0) is 16.4. The fourth-order valence-corrected chi connectivity index (χ4v) is 3.13.